The summed E-state index contributed by atoms with van der Waals surface area (Å²) < 4.78 is 21.6. The van der Waals surface area contributed by atoms with Crippen molar-refractivity contribution in [3.05, 3.63) is 36.0 Å². The third-order valence-corrected chi connectivity index (χ3v) is 3.61. The molecule has 0 aliphatic carbocycles. The van der Waals surface area contributed by atoms with E-state index in [1.54, 1.807) is 13.0 Å². The average molecular weight is 317 g/mol. The SMILES string of the molecule is CCOC(=O)c1cc(-c2ccccc2OC2CCOCC2)on1. The van der Waals surface area contributed by atoms with E-state index in [9.17, 15) is 4.79 Å². The van der Waals surface area contributed by atoms with E-state index < -0.39 is 5.97 Å². The molecule has 1 fully saturated rings. The van der Waals surface area contributed by atoms with Crippen molar-refractivity contribution in [3.8, 4) is 17.1 Å². The zero-order valence-electron chi connectivity index (χ0n) is 13.0. The van der Waals surface area contributed by atoms with E-state index in [2.05, 4.69) is 5.16 Å². The normalized spacial score (nSPS) is 15.3. The molecule has 0 unspecified atom stereocenters. The monoisotopic (exact) mass is 317 g/mol. The molecule has 0 bridgehead atoms. The minimum atomic E-state index is -0.495. The average Bonchev–Trinajstić information content (AvgIpc) is 3.06. The maximum atomic E-state index is 11.7. The second kappa shape index (κ2) is 7.28. The van der Waals surface area contributed by atoms with E-state index in [1.165, 1.54) is 0 Å². The lowest BCUT2D eigenvalue weighted by molar-refractivity contribution is 0.0257. The number of ether oxygens (including phenoxy) is 3. The van der Waals surface area contributed by atoms with Gasteiger partial charge in [-0.1, -0.05) is 17.3 Å². The van der Waals surface area contributed by atoms with Gasteiger partial charge in [0.1, 0.15) is 11.9 Å². The fraction of sp³-hybridized carbons (Fsp3) is 0.412. The second-order valence-electron chi connectivity index (χ2n) is 5.22. The maximum Gasteiger partial charge on any atom is 0.360 e. The molecule has 0 radical (unpaired) electrons. The number of hydrogen-bond donors (Lipinski definition) is 0. The zero-order valence-corrected chi connectivity index (χ0v) is 13.0. The predicted octanol–water partition coefficient (Wildman–Crippen LogP) is 3.08. The highest BCUT2D eigenvalue weighted by Crippen LogP contribution is 2.32. The smallest absolute Gasteiger partial charge is 0.360 e. The Bertz CT molecular complexity index is 661. The lowest BCUT2D eigenvalue weighted by Gasteiger charge is -2.24. The Morgan fingerprint density at radius 1 is 1.30 bits per heavy atom. The molecule has 0 saturated carbocycles. The second-order valence-corrected chi connectivity index (χ2v) is 5.22. The third-order valence-electron chi connectivity index (χ3n) is 3.61. The van der Waals surface area contributed by atoms with Crippen LogP contribution in [0.2, 0.25) is 0 Å². The van der Waals surface area contributed by atoms with E-state index in [0.717, 1.165) is 18.4 Å². The van der Waals surface area contributed by atoms with Crippen molar-refractivity contribution in [2.75, 3.05) is 19.8 Å². The highest BCUT2D eigenvalue weighted by molar-refractivity contribution is 5.88. The quantitative estimate of drug-likeness (QED) is 0.789. The Morgan fingerprint density at radius 3 is 2.87 bits per heavy atom. The van der Waals surface area contributed by atoms with Gasteiger partial charge in [-0.2, -0.15) is 0 Å². The molecule has 3 rings (SSSR count). The number of hydrogen-bond acceptors (Lipinski definition) is 6. The standard InChI is InChI=1S/C17H19NO5/c1-2-21-17(19)14-11-16(23-18-14)13-5-3-4-6-15(13)22-12-7-9-20-10-8-12/h3-6,11-12H,2,7-10H2,1H3. The lowest BCUT2D eigenvalue weighted by Crippen LogP contribution is -2.26. The molecular weight excluding hydrogens is 298 g/mol. The molecule has 23 heavy (non-hydrogen) atoms. The highest BCUT2D eigenvalue weighted by Gasteiger charge is 2.20. The van der Waals surface area contributed by atoms with E-state index in [1.807, 2.05) is 24.3 Å². The van der Waals surface area contributed by atoms with Gasteiger partial charge in [0.25, 0.3) is 0 Å². The van der Waals surface area contributed by atoms with E-state index in [-0.39, 0.29) is 11.8 Å². The molecule has 122 valence electrons. The number of benzene rings is 1. The van der Waals surface area contributed by atoms with Crippen LogP contribution in [0, 0.1) is 0 Å². The maximum absolute atomic E-state index is 11.7. The molecular formula is C17H19NO5. The first-order valence-electron chi connectivity index (χ1n) is 7.75. The summed E-state index contributed by atoms with van der Waals surface area (Å²) in [6, 6.07) is 9.13. The van der Waals surface area contributed by atoms with Crippen LogP contribution in [0.15, 0.2) is 34.9 Å². The van der Waals surface area contributed by atoms with E-state index in [0.29, 0.717) is 31.3 Å². The van der Waals surface area contributed by atoms with Gasteiger partial charge in [0.15, 0.2) is 11.5 Å². The molecule has 0 atom stereocenters. The highest BCUT2D eigenvalue weighted by atomic mass is 16.5. The van der Waals surface area contributed by atoms with Crippen LogP contribution in [0.4, 0.5) is 0 Å². The fourth-order valence-electron chi connectivity index (χ4n) is 2.45. The Hall–Kier alpha value is -2.34. The van der Waals surface area contributed by atoms with Crippen LogP contribution in [0.5, 0.6) is 5.75 Å². The summed E-state index contributed by atoms with van der Waals surface area (Å²) in [5.74, 6) is 0.701. The van der Waals surface area contributed by atoms with Gasteiger partial charge >= 0.3 is 5.97 Å². The summed E-state index contributed by atoms with van der Waals surface area (Å²) in [5, 5.41) is 3.77. The largest absolute Gasteiger partial charge is 0.489 e. The Labute approximate surface area is 134 Å². The number of carbonyl (C=O) groups is 1. The number of para-hydroxylation sites is 1. The van der Waals surface area contributed by atoms with Gasteiger partial charge in [-0.05, 0) is 19.1 Å². The molecule has 6 nitrogen and oxygen atoms in total. The van der Waals surface area contributed by atoms with Crippen molar-refractivity contribution in [1.82, 2.24) is 5.16 Å². The van der Waals surface area contributed by atoms with Crippen molar-refractivity contribution in [1.29, 1.82) is 0 Å². The first-order chi connectivity index (χ1) is 11.3. The number of aromatic nitrogens is 1. The molecule has 6 heteroatoms. The summed E-state index contributed by atoms with van der Waals surface area (Å²) in [6.07, 6.45) is 1.84. The molecule has 0 N–H and O–H groups in total. The zero-order chi connectivity index (χ0) is 16.1. The van der Waals surface area contributed by atoms with E-state index in [4.69, 9.17) is 18.7 Å². The molecule has 1 saturated heterocycles. The van der Waals surface area contributed by atoms with Crippen LogP contribution >= 0.6 is 0 Å². The summed E-state index contributed by atoms with van der Waals surface area (Å²) in [5.41, 5.74) is 0.921. The van der Waals surface area contributed by atoms with Crippen LogP contribution in [0.1, 0.15) is 30.3 Å². The first kappa shape index (κ1) is 15.6. The fourth-order valence-corrected chi connectivity index (χ4v) is 2.45. The van der Waals surface area contributed by atoms with Crippen LogP contribution in [-0.4, -0.2) is 37.1 Å². The molecule has 2 aromatic rings. The molecule has 1 aliphatic heterocycles. The minimum absolute atomic E-state index is 0.123. The summed E-state index contributed by atoms with van der Waals surface area (Å²) in [4.78, 5) is 11.7. The van der Waals surface area contributed by atoms with Gasteiger partial charge in [-0.3, -0.25) is 0 Å². The molecule has 2 heterocycles. The van der Waals surface area contributed by atoms with Crippen LogP contribution in [0.25, 0.3) is 11.3 Å². The van der Waals surface area contributed by atoms with Gasteiger partial charge < -0.3 is 18.7 Å². The van der Waals surface area contributed by atoms with Gasteiger partial charge in [-0.25, -0.2) is 4.79 Å². The third kappa shape index (κ3) is 3.71. The van der Waals surface area contributed by atoms with Crippen molar-refractivity contribution in [2.45, 2.75) is 25.9 Å². The van der Waals surface area contributed by atoms with Crippen LogP contribution in [0.3, 0.4) is 0 Å². The molecule has 1 aromatic heterocycles. The van der Waals surface area contributed by atoms with Crippen LogP contribution in [-0.2, 0) is 9.47 Å². The minimum Gasteiger partial charge on any atom is -0.489 e. The topological polar surface area (TPSA) is 70.8 Å². The summed E-state index contributed by atoms with van der Waals surface area (Å²) >= 11 is 0. The van der Waals surface area contributed by atoms with Gasteiger partial charge in [0.05, 0.1) is 25.4 Å². The van der Waals surface area contributed by atoms with Crippen molar-refractivity contribution >= 4 is 5.97 Å². The Balaban J connectivity index is 1.81. The number of nitrogens with zero attached hydrogens (tertiary/aromatic N) is 1. The molecule has 0 spiro atoms. The van der Waals surface area contributed by atoms with Crippen molar-refractivity contribution in [2.24, 2.45) is 0 Å². The first-order valence-corrected chi connectivity index (χ1v) is 7.75. The van der Waals surface area contributed by atoms with E-state index >= 15 is 0 Å². The van der Waals surface area contributed by atoms with Crippen molar-refractivity contribution in [3.63, 3.8) is 0 Å². The number of rotatable bonds is 5. The van der Waals surface area contributed by atoms with Gasteiger partial charge in [0, 0.05) is 18.9 Å². The predicted molar refractivity (Wildman–Crippen MR) is 82.4 cm³/mol. The summed E-state index contributed by atoms with van der Waals surface area (Å²) in [7, 11) is 0. The molecule has 1 aromatic carbocycles. The summed E-state index contributed by atoms with van der Waals surface area (Å²) in [6.45, 7) is 3.46. The molecule has 0 amide bonds. The number of carbonyl (C=O) groups excluding carboxylic acids is 1. The lowest BCUT2D eigenvalue weighted by atomic mass is 10.1. The van der Waals surface area contributed by atoms with Crippen molar-refractivity contribution < 1.29 is 23.5 Å². The Kier molecular flexibility index (Phi) is 4.92. The number of esters is 1. The molecule has 1 aliphatic rings. The van der Waals surface area contributed by atoms with Gasteiger partial charge in [0.2, 0.25) is 0 Å². The van der Waals surface area contributed by atoms with Gasteiger partial charge in [-0.15, -0.1) is 0 Å². The Morgan fingerprint density at radius 2 is 2.09 bits per heavy atom. The van der Waals surface area contributed by atoms with Crippen LogP contribution < -0.4 is 4.74 Å².